The number of aryl methyl sites for hydroxylation is 1. The Morgan fingerprint density at radius 2 is 2.00 bits per heavy atom. The molecule has 1 aliphatic rings. The molecule has 19 heavy (non-hydrogen) atoms. The zero-order valence-electron chi connectivity index (χ0n) is 11.3. The van der Waals surface area contributed by atoms with Gasteiger partial charge in [0.05, 0.1) is 0 Å². The van der Waals surface area contributed by atoms with Gasteiger partial charge in [-0.2, -0.15) is 0 Å². The zero-order valence-corrected chi connectivity index (χ0v) is 12.1. The van der Waals surface area contributed by atoms with Gasteiger partial charge in [0.1, 0.15) is 5.82 Å². The highest BCUT2D eigenvalue weighted by atomic mass is 35.5. The summed E-state index contributed by atoms with van der Waals surface area (Å²) in [4.78, 5) is 12.2. The first-order chi connectivity index (χ1) is 8.50. The number of carbonyl (C=O) groups excluding carboxylic acids is 1. The summed E-state index contributed by atoms with van der Waals surface area (Å²) in [5.74, 6) is -0.422. The summed E-state index contributed by atoms with van der Waals surface area (Å²) in [7, 11) is 0. The summed E-state index contributed by atoms with van der Waals surface area (Å²) in [6, 6.07) is 4.26. The smallest absolute Gasteiger partial charge is 0.251 e. The number of nitrogens with one attached hydrogen (secondary N) is 2. The number of benzene rings is 1. The highest BCUT2D eigenvalue weighted by molar-refractivity contribution is 5.96. The third kappa shape index (κ3) is 3.91. The molecule has 0 atom stereocenters. The van der Waals surface area contributed by atoms with Crippen LogP contribution in [0.5, 0.6) is 0 Å². The molecule has 5 heteroatoms. The molecule has 0 saturated carbocycles. The molecule has 106 valence electrons. The van der Waals surface area contributed by atoms with Crippen LogP contribution in [0.2, 0.25) is 0 Å². The van der Waals surface area contributed by atoms with E-state index in [9.17, 15) is 9.18 Å². The highest BCUT2D eigenvalue weighted by Gasteiger charge is 2.28. The molecular weight excluding hydrogens is 267 g/mol. The number of hydrogen-bond acceptors (Lipinski definition) is 2. The summed E-state index contributed by atoms with van der Waals surface area (Å²) >= 11 is 0. The molecule has 0 radical (unpaired) electrons. The monoisotopic (exact) mass is 286 g/mol. The standard InChI is InChI=1S/C14H19FN2O.ClH/c1-10-9-11(15)3-4-12(10)13(18)17-14(2)5-7-16-8-6-14;/h3-4,9,16H,5-8H2,1-2H3,(H,17,18);1H. The van der Waals surface area contributed by atoms with Crippen molar-refractivity contribution in [1.82, 2.24) is 10.6 Å². The lowest BCUT2D eigenvalue weighted by molar-refractivity contribution is 0.0887. The van der Waals surface area contributed by atoms with Crippen molar-refractivity contribution in [3.8, 4) is 0 Å². The van der Waals surface area contributed by atoms with E-state index in [4.69, 9.17) is 0 Å². The lowest BCUT2D eigenvalue weighted by atomic mass is 9.90. The minimum atomic E-state index is -0.308. The van der Waals surface area contributed by atoms with Crippen LogP contribution in [0, 0.1) is 12.7 Å². The van der Waals surface area contributed by atoms with Gasteiger partial charge in [-0.1, -0.05) is 0 Å². The van der Waals surface area contributed by atoms with Crippen LogP contribution in [0.4, 0.5) is 4.39 Å². The first kappa shape index (κ1) is 15.9. The average Bonchev–Trinajstić information content (AvgIpc) is 2.28. The van der Waals surface area contributed by atoms with Crippen LogP contribution in [0.1, 0.15) is 35.7 Å². The van der Waals surface area contributed by atoms with Gasteiger partial charge in [0, 0.05) is 11.1 Å². The molecule has 0 bridgehead atoms. The first-order valence-corrected chi connectivity index (χ1v) is 6.30. The number of rotatable bonds is 2. The van der Waals surface area contributed by atoms with Crippen LogP contribution in [-0.2, 0) is 0 Å². The predicted octanol–water partition coefficient (Wildman–Crippen LogP) is 2.43. The second-order valence-corrected chi connectivity index (χ2v) is 5.22. The summed E-state index contributed by atoms with van der Waals surface area (Å²) < 4.78 is 13.0. The molecule has 1 saturated heterocycles. The van der Waals surface area contributed by atoms with E-state index in [2.05, 4.69) is 17.6 Å². The van der Waals surface area contributed by atoms with E-state index in [1.54, 1.807) is 13.0 Å². The molecule has 0 unspecified atom stereocenters. The molecule has 1 heterocycles. The van der Waals surface area contributed by atoms with Crippen molar-refractivity contribution in [1.29, 1.82) is 0 Å². The number of piperidine rings is 1. The van der Waals surface area contributed by atoms with Gasteiger partial charge < -0.3 is 10.6 Å². The maximum Gasteiger partial charge on any atom is 0.251 e. The van der Waals surface area contributed by atoms with Gasteiger partial charge in [-0.25, -0.2) is 4.39 Å². The minimum absolute atomic E-state index is 0. The topological polar surface area (TPSA) is 41.1 Å². The second kappa shape index (κ2) is 6.35. The minimum Gasteiger partial charge on any atom is -0.347 e. The van der Waals surface area contributed by atoms with Crippen LogP contribution < -0.4 is 10.6 Å². The Morgan fingerprint density at radius 3 is 2.58 bits per heavy atom. The van der Waals surface area contributed by atoms with E-state index in [-0.39, 0.29) is 29.7 Å². The van der Waals surface area contributed by atoms with E-state index in [0.717, 1.165) is 25.9 Å². The quantitative estimate of drug-likeness (QED) is 0.877. The van der Waals surface area contributed by atoms with E-state index in [0.29, 0.717) is 11.1 Å². The van der Waals surface area contributed by atoms with Crippen molar-refractivity contribution < 1.29 is 9.18 Å². The van der Waals surface area contributed by atoms with Crippen LogP contribution in [0.25, 0.3) is 0 Å². The van der Waals surface area contributed by atoms with Gasteiger partial charge in [0.25, 0.3) is 5.91 Å². The van der Waals surface area contributed by atoms with Crippen LogP contribution in [0.3, 0.4) is 0 Å². The van der Waals surface area contributed by atoms with Gasteiger partial charge in [-0.05, 0) is 63.5 Å². The summed E-state index contributed by atoms with van der Waals surface area (Å²) in [5.41, 5.74) is 1.06. The van der Waals surface area contributed by atoms with Crippen LogP contribution in [0.15, 0.2) is 18.2 Å². The average molecular weight is 287 g/mol. The Kier molecular flexibility index (Phi) is 5.32. The molecule has 0 spiro atoms. The largest absolute Gasteiger partial charge is 0.347 e. The number of halogens is 2. The van der Waals surface area contributed by atoms with Crippen molar-refractivity contribution in [2.45, 2.75) is 32.2 Å². The maximum absolute atomic E-state index is 13.0. The van der Waals surface area contributed by atoms with E-state index in [1.807, 2.05) is 0 Å². The van der Waals surface area contributed by atoms with E-state index >= 15 is 0 Å². The Morgan fingerprint density at radius 1 is 1.37 bits per heavy atom. The van der Waals surface area contributed by atoms with Crippen molar-refractivity contribution in [2.75, 3.05) is 13.1 Å². The number of amides is 1. The number of hydrogen-bond donors (Lipinski definition) is 2. The Hall–Kier alpha value is -1.13. The summed E-state index contributed by atoms with van der Waals surface area (Å²) in [6.07, 6.45) is 1.83. The lowest BCUT2D eigenvalue weighted by Crippen LogP contribution is -2.52. The first-order valence-electron chi connectivity index (χ1n) is 6.30. The zero-order chi connectivity index (χ0) is 13.2. The van der Waals surface area contributed by atoms with Gasteiger partial charge in [-0.15, -0.1) is 12.4 Å². The second-order valence-electron chi connectivity index (χ2n) is 5.22. The Bertz CT molecular complexity index is 459. The van der Waals surface area contributed by atoms with Crippen molar-refractivity contribution >= 4 is 18.3 Å². The molecular formula is C14H20ClFN2O. The predicted molar refractivity (Wildman–Crippen MR) is 76.4 cm³/mol. The van der Waals surface area contributed by atoms with Crippen molar-refractivity contribution in [3.05, 3.63) is 35.1 Å². The molecule has 2 rings (SSSR count). The fraction of sp³-hybridized carbons (Fsp3) is 0.500. The molecule has 1 fully saturated rings. The highest BCUT2D eigenvalue weighted by Crippen LogP contribution is 2.19. The summed E-state index contributed by atoms with van der Waals surface area (Å²) in [6.45, 7) is 5.64. The fourth-order valence-electron chi connectivity index (χ4n) is 2.33. The summed E-state index contributed by atoms with van der Waals surface area (Å²) in [5, 5.41) is 6.34. The maximum atomic E-state index is 13.0. The molecule has 3 nitrogen and oxygen atoms in total. The molecule has 0 aromatic heterocycles. The molecule has 1 aromatic rings. The Labute approximate surface area is 119 Å². The van der Waals surface area contributed by atoms with Crippen molar-refractivity contribution in [2.24, 2.45) is 0 Å². The van der Waals surface area contributed by atoms with E-state index < -0.39 is 0 Å². The SMILES string of the molecule is Cc1cc(F)ccc1C(=O)NC1(C)CCNCC1.Cl. The van der Waals surface area contributed by atoms with E-state index in [1.165, 1.54) is 12.1 Å². The third-order valence-electron chi connectivity index (χ3n) is 3.56. The Balaban J connectivity index is 0.00000180. The van der Waals surface area contributed by atoms with Crippen molar-refractivity contribution in [3.63, 3.8) is 0 Å². The number of carbonyl (C=O) groups is 1. The van der Waals surface area contributed by atoms with Gasteiger partial charge in [0.2, 0.25) is 0 Å². The molecule has 1 aliphatic heterocycles. The molecule has 1 amide bonds. The fourth-order valence-corrected chi connectivity index (χ4v) is 2.33. The third-order valence-corrected chi connectivity index (χ3v) is 3.56. The van der Waals surface area contributed by atoms with Gasteiger partial charge in [0.15, 0.2) is 0 Å². The van der Waals surface area contributed by atoms with Crippen LogP contribution >= 0.6 is 12.4 Å². The molecule has 1 aromatic carbocycles. The van der Waals surface area contributed by atoms with Crippen LogP contribution in [-0.4, -0.2) is 24.5 Å². The van der Waals surface area contributed by atoms with Gasteiger partial charge in [-0.3, -0.25) is 4.79 Å². The lowest BCUT2D eigenvalue weighted by Gasteiger charge is -2.35. The molecule has 2 N–H and O–H groups in total. The normalized spacial score (nSPS) is 17.4. The molecule has 0 aliphatic carbocycles. The van der Waals surface area contributed by atoms with Gasteiger partial charge >= 0.3 is 0 Å².